The normalized spacial score (nSPS) is 18.4. The first-order valence-electron chi connectivity index (χ1n) is 10.0. The van der Waals surface area contributed by atoms with Crippen molar-refractivity contribution >= 4 is 45.9 Å². The molecule has 5 rings (SSSR count). The minimum atomic E-state index is -1.08. The van der Waals surface area contributed by atoms with Gasteiger partial charge in [-0.2, -0.15) is 4.98 Å². The molecule has 0 amide bonds. The van der Waals surface area contributed by atoms with Crippen molar-refractivity contribution in [3.8, 4) is 0 Å². The lowest BCUT2D eigenvalue weighted by molar-refractivity contribution is 0.598. The zero-order chi connectivity index (χ0) is 20.5. The zero-order valence-corrected chi connectivity index (χ0v) is 18.0. The highest BCUT2D eigenvalue weighted by Crippen LogP contribution is 2.34. The molecule has 2 aromatic carbocycles. The predicted octanol–water partition coefficient (Wildman–Crippen LogP) is 3.86. The second-order valence-electron chi connectivity index (χ2n) is 7.39. The van der Waals surface area contributed by atoms with E-state index in [-0.39, 0.29) is 0 Å². The number of hydrogen-bond donors (Lipinski definition) is 1. The van der Waals surface area contributed by atoms with Gasteiger partial charge in [0, 0.05) is 49.0 Å². The summed E-state index contributed by atoms with van der Waals surface area (Å²) in [4.78, 5) is 14.9. The van der Waals surface area contributed by atoms with Crippen molar-refractivity contribution < 1.29 is 4.55 Å². The summed E-state index contributed by atoms with van der Waals surface area (Å²) in [6, 6.07) is 17.9. The number of fused-ring (bicyclic) bond motifs is 1. The zero-order valence-electron chi connectivity index (χ0n) is 16.4. The Bertz CT molecular complexity index is 1040. The van der Waals surface area contributed by atoms with Crippen LogP contribution in [0.3, 0.4) is 0 Å². The third-order valence-electron chi connectivity index (χ3n) is 5.45. The Kier molecular flexibility index (Phi) is 5.41. The van der Waals surface area contributed by atoms with Crippen LogP contribution in [0, 0.1) is 0 Å². The average Bonchev–Trinajstić information content (AvgIpc) is 3.15. The molecule has 8 heteroatoms. The molecule has 1 saturated heterocycles. The van der Waals surface area contributed by atoms with E-state index in [1.807, 2.05) is 30.3 Å². The molecule has 1 aromatic heterocycles. The van der Waals surface area contributed by atoms with E-state index in [4.69, 9.17) is 21.6 Å². The van der Waals surface area contributed by atoms with Crippen LogP contribution in [0.25, 0.3) is 0 Å². The number of rotatable bonds is 4. The predicted molar refractivity (Wildman–Crippen MR) is 123 cm³/mol. The third-order valence-corrected chi connectivity index (χ3v) is 7.14. The highest BCUT2D eigenvalue weighted by Gasteiger charge is 2.33. The lowest BCUT2D eigenvalue weighted by atomic mass is 10.2. The molecular formula is C22H22ClN5OS. The number of nitrogens with zero attached hydrogens (tertiary/aromatic N) is 4. The molecule has 6 nitrogen and oxygen atoms in total. The van der Waals surface area contributed by atoms with Gasteiger partial charge in [-0.3, -0.25) is 0 Å². The summed E-state index contributed by atoms with van der Waals surface area (Å²) in [6.07, 6.45) is 0.714. The van der Waals surface area contributed by atoms with Crippen LogP contribution in [0.2, 0.25) is 5.02 Å². The molecule has 1 fully saturated rings. The number of para-hydroxylation sites is 1. The topological polar surface area (TPSA) is 67.4 Å². The standard InChI is InChI=1S/C22H22ClN5OS/c23-16-5-4-6-17(15-16)24-21-20-19(9-14-30(20)29)25-22(26-21)28-12-10-27(11-13-28)18-7-2-1-3-8-18/h1-8,15H,9-14H2,(H,24,25,26). The van der Waals surface area contributed by atoms with E-state index in [0.29, 0.717) is 29.0 Å². The van der Waals surface area contributed by atoms with Crippen LogP contribution in [0.15, 0.2) is 59.5 Å². The number of hydrogen-bond acceptors (Lipinski definition) is 6. The largest absolute Gasteiger partial charge is 0.611 e. The van der Waals surface area contributed by atoms with Gasteiger partial charge in [0.15, 0.2) is 5.82 Å². The highest BCUT2D eigenvalue weighted by molar-refractivity contribution is 7.91. The van der Waals surface area contributed by atoms with E-state index >= 15 is 0 Å². The van der Waals surface area contributed by atoms with Crippen LogP contribution < -0.4 is 15.1 Å². The van der Waals surface area contributed by atoms with Gasteiger partial charge in [-0.05, 0) is 41.5 Å². The van der Waals surface area contributed by atoms with E-state index < -0.39 is 11.2 Å². The van der Waals surface area contributed by atoms with Gasteiger partial charge in [0.05, 0.1) is 0 Å². The van der Waals surface area contributed by atoms with Crippen LogP contribution in [-0.4, -0.2) is 46.5 Å². The van der Waals surface area contributed by atoms with E-state index in [9.17, 15) is 4.55 Å². The summed E-state index contributed by atoms with van der Waals surface area (Å²) < 4.78 is 12.6. The Morgan fingerprint density at radius 2 is 1.70 bits per heavy atom. The van der Waals surface area contributed by atoms with Gasteiger partial charge in [-0.25, -0.2) is 4.98 Å². The average molecular weight is 440 g/mol. The SMILES string of the molecule is [O-][S+]1CCc2nc(N3CCN(c4ccccc4)CC3)nc(Nc3cccc(Cl)c3)c21. The minimum absolute atomic E-state index is 0.597. The maximum Gasteiger partial charge on any atom is 0.228 e. The van der Waals surface area contributed by atoms with Crippen molar-refractivity contribution in [2.45, 2.75) is 11.3 Å². The van der Waals surface area contributed by atoms with Gasteiger partial charge in [-0.1, -0.05) is 35.9 Å². The van der Waals surface area contributed by atoms with E-state index in [1.54, 1.807) is 0 Å². The lowest BCUT2D eigenvalue weighted by Gasteiger charge is -2.36. The summed E-state index contributed by atoms with van der Waals surface area (Å²) in [6.45, 7) is 3.50. The van der Waals surface area contributed by atoms with Gasteiger partial charge in [0.25, 0.3) is 0 Å². The van der Waals surface area contributed by atoms with Crippen LogP contribution in [0.5, 0.6) is 0 Å². The first kappa shape index (κ1) is 19.5. The number of aryl methyl sites for hydroxylation is 1. The summed E-state index contributed by atoms with van der Waals surface area (Å²) in [7, 11) is 0. The number of nitrogens with one attached hydrogen (secondary N) is 1. The van der Waals surface area contributed by atoms with Gasteiger partial charge in [-0.15, -0.1) is 0 Å². The van der Waals surface area contributed by atoms with E-state index in [1.165, 1.54) is 5.69 Å². The van der Waals surface area contributed by atoms with Crippen molar-refractivity contribution in [1.82, 2.24) is 9.97 Å². The molecule has 0 bridgehead atoms. The Morgan fingerprint density at radius 3 is 2.47 bits per heavy atom. The molecule has 3 heterocycles. The lowest BCUT2D eigenvalue weighted by Crippen LogP contribution is -2.47. The van der Waals surface area contributed by atoms with Crippen molar-refractivity contribution in [3.63, 3.8) is 0 Å². The van der Waals surface area contributed by atoms with Gasteiger partial charge in [0.2, 0.25) is 10.8 Å². The van der Waals surface area contributed by atoms with Gasteiger partial charge in [0.1, 0.15) is 11.4 Å². The molecule has 0 aliphatic carbocycles. The fraction of sp³-hybridized carbons (Fsp3) is 0.273. The number of halogens is 1. The molecular weight excluding hydrogens is 418 g/mol. The molecule has 0 spiro atoms. The smallest absolute Gasteiger partial charge is 0.228 e. The highest BCUT2D eigenvalue weighted by atomic mass is 35.5. The monoisotopic (exact) mass is 439 g/mol. The van der Waals surface area contributed by atoms with Crippen molar-refractivity contribution in [2.24, 2.45) is 0 Å². The molecule has 1 atom stereocenters. The summed E-state index contributed by atoms with van der Waals surface area (Å²) in [5, 5.41) is 3.97. The molecule has 154 valence electrons. The minimum Gasteiger partial charge on any atom is -0.611 e. The summed E-state index contributed by atoms with van der Waals surface area (Å²) >= 11 is 5.05. The second-order valence-corrected chi connectivity index (χ2v) is 9.34. The molecule has 3 aromatic rings. The number of aromatic nitrogens is 2. The fourth-order valence-corrected chi connectivity index (χ4v) is 5.41. The number of piperazine rings is 1. The molecule has 2 aliphatic heterocycles. The van der Waals surface area contributed by atoms with E-state index in [0.717, 1.165) is 42.5 Å². The second kappa shape index (κ2) is 8.34. The van der Waals surface area contributed by atoms with Crippen molar-refractivity contribution in [2.75, 3.05) is 47.0 Å². The maximum atomic E-state index is 12.6. The number of anilines is 4. The van der Waals surface area contributed by atoms with Crippen molar-refractivity contribution in [3.05, 3.63) is 65.3 Å². The molecule has 0 radical (unpaired) electrons. The van der Waals surface area contributed by atoms with Gasteiger partial charge < -0.3 is 19.7 Å². The Morgan fingerprint density at radius 1 is 0.933 bits per heavy atom. The van der Waals surface area contributed by atoms with E-state index in [2.05, 4.69) is 39.4 Å². The molecule has 0 saturated carbocycles. The van der Waals surface area contributed by atoms with Crippen LogP contribution in [-0.2, 0) is 17.6 Å². The van der Waals surface area contributed by atoms with Gasteiger partial charge >= 0.3 is 0 Å². The summed E-state index contributed by atoms with van der Waals surface area (Å²) in [5.74, 6) is 1.92. The fourth-order valence-electron chi connectivity index (χ4n) is 3.92. The maximum absolute atomic E-state index is 12.6. The molecule has 2 aliphatic rings. The van der Waals surface area contributed by atoms with Crippen LogP contribution in [0.4, 0.5) is 23.1 Å². The first-order chi connectivity index (χ1) is 14.7. The molecule has 30 heavy (non-hydrogen) atoms. The molecule has 1 N–H and O–H groups in total. The van der Waals surface area contributed by atoms with Crippen LogP contribution in [0.1, 0.15) is 5.69 Å². The quantitative estimate of drug-likeness (QED) is 0.622. The Labute approximate surface area is 184 Å². The van der Waals surface area contributed by atoms with Crippen molar-refractivity contribution in [1.29, 1.82) is 0 Å². The number of benzene rings is 2. The molecule has 1 unspecified atom stereocenters. The third kappa shape index (κ3) is 3.93. The first-order valence-corrected chi connectivity index (χ1v) is 11.7. The summed E-state index contributed by atoms with van der Waals surface area (Å²) in [5.41, 5.74) is 2.95. The Balaban J connectivity index is 1.40. The Hall–Kier alpha value is -2.48. The van der Waals surface area contributed by atoms with Crippen LogP contribution >= 0.6 is 11.6 Å².